The quantitative estimate of drug-likeness (QED) is 0.122. The predicted molar refractivity (Wildman–Crippen MR) is 201 cm³/mol. The van der Waals surface area contributed by atoms with Crippen LogP contribution in [0.4, 0.5) is 15.8 Å². The molecule has 3 fully saturated rings. The zero-order valence-corrected chi connectivity index (χ0v) is 29.6. The van der Waals surface area contributed by atoms with E-state index in [0.29, 0.717) is 27.1 Å². The summed E-state index contributed by atoms with van der Waals surface area (Å²) in [6.07, 6.45) is 1.99. The third kappa shape index (κ3) is 5.02. The van der Waals surface area contributed by atoms with Crippen LogP contribution in [0.3, 0.4) is 0 Å². The summed E-state index contributed by atoms with van der Waals surface area (Å²) in [5, 5.41) is 24.4. The van der Waals surface area contributed by atoms with Crippen LogP contribution in [-0.2, 0) is 24.6 Å². The number of aromatic hydroxyl groups is 1. The Labute approximate surface area is 318 Å². The number of nitrogens with zero attached hydrogens (tertiary/aromatic N) is 2. The number of anilines is 2. The molecule has 2 aliphatic heterocycles. The number of imide groups is 2. The molecule has 0 aromatic heterocycles. The van der Waals surface area contributed by atoms with E-state index >= 15 is 4.79 Å². The van der Waals surface area contributed by atoms with Crippen molar-refractivity contribution in [2.24, 2.45) is 23.7 Å². The van der Waals surface area contributed by atoms with Gasteiger partial charge in [-0.3, -0.25) is 29.5 Å². The van der Waals surface area contributed by atoms with Crippen molar-refractivity contribution in [1.29, 1.82) is 0 Å². The van der Waals surface area contributed by atoms with Gasteiger partial charge in [0.1, 0.15) is 11.6 Å². The Bertz CT molecular complexity index is 2520. The van der Waals surface area contributed by atoms with Crippen LogP contribution in [0.2, 0.25) is 5.02 Å². The first-order chi connectivity index (χ1) is 26.5. The van der Waals surface area contributed by atoms with Gasteiger partial charge < -0.3 is 10.2 Å². The van der Waals surface area contributed by atoms with E-state index in [-0.39, 0.29) is 35.5 Å². The maximum atomic E-state index is 15.4. The third-order valence-electron chi connectivity index (χ3n) is 11.9. The summed E-state index contributed by atoms with van der Waals surface area (Å²) in [7, 11) is 0. The summed E-state index contributed by atoms with van der Waals surface area (Å²) in [6, 6.07) is 28.3. The largest absolute Gasteiger partial charge is 0.507 e. The first-order valence-electron chi connectivity index (χ1n) is 17.8. The number of carbonyl (C=O) groups is 5. The number of halogens is 2. The highest BCUT2D eigenvalue weighted by atomic mass is 35.5. The molecule has 6 unspecified atom stereocenters. The Morgan fingerprint density at radius 2 is 1.58 bits per heavy atom. The second kappa shape index (κ2) is 12.6. The molecule has 0 spiro atoms. The van der Waals surface area contributed by atoms with Crippen LogP contribution in [0.1, 0.15) is 40.2 Å². The molecule has 3 N–H and O–H groups in total. The first-order valence-corrected chi connectivity index (χ1v) is 18.2. The number of phenols is 1. The summed E-state index contributed by atoms with van der Waals surface area (Å²) in [6.45, 7) is 0. The summed E-state index contributed by atoms with van der Waals surface area (Å²) in [5.41, 5.74) is 3.01. The summed E-state index contributed by atoms with van der Waals surface area (Å²) < 4.78 is 13.9. The molecule has 10 nitrogen and oxygen atoms in total. The monoisotopic (exact) mass is 755 g/mol. The average Bonchev–Trinajstić information content (AvgIpc) is 3.57. The molecule has 0 radical (unpaired) electrons. The molecule has 2 saturated heterocycles. The number of aromatic carboxylic acids is 1. The predicted octanol–water partition coefficient (Wildman–Crippen LogP) is 7.23. The van der Waals surface area contributed by atoms with Gasteiger partial charge in [-0.1, -0.05) is 77.8 Å². The van der Waals surface area contributed by atoms with Crippen LogP contribution >= 0.6 is 11.6 Å². The van der Waals surface area contributed by atoms with Crippen molar-refractivity contribution in [2.75, 3.05) is 10.3 Å². The fraction of sp³-hybridized carbons (Fsp3) is 0.186. The number of carboxylic acid groups (broad SMARTS) is 1. The molecule has 6 atom stereocenters. The molecule has 12 heteroatoms. The number of hydrazine groups is 1. The fourth-order valence-electron chi connectivity index (χ4n) is 9.54. The van der Waals surface area contributed by atoms with Crippen molar-refractivity contribution in [3.05, 3.63) is 148 Å². The number of benzene rings is 5. The molecule has 274 valence electrons. The molecular weight excluding hydrogens is 725 g/mol. The number of amides is 4. The summed E-state index contributed by atoms with van der Waals surface area (Å²) in [5.74, 6) is -8.66. The van der Waals surface area contributed by atoms with Gasteiger partial charge >= 0.3 is 5.97 Å². The molecule has 0 bridgehead atoms. The average molecular weight is 756 g/mol. The molecule has 2 heterocycles. The van der Waals surface area contributed by atoms with Gasteiger partial charge in [-0.05, 0) is 84.3 Å². The van der Waals surface area contributed by atoms with Crippen molar-refractivity contribution in [2.45, 2.75) is 24.2 Å². The van der Waals surface area contributed by atoms with Crippen molar-refractivity contribution < 1.29 is 38.6 Å². The normalized spacial score (nSPS) is 25.8. The standard InChI is InChI=1S/C43H31ClFN3O7/c44-25-11-9-24(10-12-25)43-34(39(51)48(42(43)55)46-27-15-13-26(45)14-16-27)21-33-30(36(43)32-17-8-22-4-1-2-7-29(22)37(32)49)18-19-31-35(33)40(52)47(38(31)50)28-6-3-5-23(20-28)41(53)54/h1-18,20,31,33-36,46,49H,19,21H2,(H,53,54). The fourth-order valence-corrected chi connectivity index (χ4v) is 9.66. The molecule has 5 aromatic rings. The van der Waals surface area contributed by atoms with Crippen molar-refractivity contribution in [3.8, 4) is 5.75 Å². The van der Waals surface area contributed by atoms with Crippen molar-refractivity contribution in [1.82, 2.24) is 5.01 Å². The zero-order valence-electron chi connectivity index (χ0n) is 28.9. The molecule has 1 saturated carbocycles. The van der Waals surface area contributed by atoms with Crippen molar-refractivity contribution in [3.63, 3.8) is 0 Å². The van der Waals surface area contributed by atoms with Gasteiger partial charge in [0, 0.05) is 21.9 Å². The van der Waals surface area contributed by atoms with Gasteiger partial charge in [-0.15, -0.1) is 0 Å². The highest BCUT2D eigenvalue weighted by molar-refractivity contribution is 6.30. The third-order valence-corrected chi connectivity index (χ3v) is 12.1. The van der Waals surface area contributed by atoms with Gasteiger partial charge in [-0.25, -0.2) is 9.18 Å². The Morgan fingerprint density at radius 1 is 0.836 bits per heavy atom. The summed E-state index contributed by atoms with van der Waals surface area (Å²) in [4.78, 5) is 71.8. The van der Waals surface area contributed by atoms with E-state index in [0.717, 1.165) is 15.3 Å². The van der Waals surface area contributed by atoms with Crippen LogP contribution in [0.25, 0.3) is 10.8 Å². The van der Waals surface area contributed by atoms with E-state index in [9.17, 15) is 33.8 Å². The van der Waals surface area contributed by atoms with E-state index < -0.39 is 70.4 Å². The van der Waals surface area contributed by atoms with Gasteiger partial charge in [-0.2, -0.15) is 5.01 Å². The lowest BCUT2D eigenvalue weighted by molar-refractivity contribution is -0.138. The van der Waals surface area contributed by atoms with Gasteiger partial charge in [0.2, 0.25) is 11.8 Å². The molecule has 5 aromatic carbocycles. The number of carbonyl (C=O) groups excluding carboxylic acids is 4. The number of carboxylic acids is 1. The van der Waals surface area contributed by atoms with Crippen molar-refractivity contribution >= 4 is 63.3 Å². The van der Waals surface area contributed by atoms with Crippen LogP contribution in [0, 0.1) is 29.5 Å². The number of rotatable bonds is 6. The van der Waals surface area contributed by atoms with E-state index in [1.807, 2.05) is 24.3 Å². The Balaban J connectivity index is 1.26. The lowest BCUT2D eigenvalue weighted by atomic mass is 9.49. The Hall–Kier alpha value is -6.33. The lowest BCUT2D eigenvalue weighted by Gasteiger charge is -2.50. The van der Waals surface area contributed by atoms with Crippen LogP contribution < -0.4 is 10.3 Å². The Morgan fingerprint density at radius 3 is 2.33 bits per heavy atom. The minimum Gasteiger partial charge on any atom is -0.507 e. The molecule has 4 aliphatic rings. The zero-order chi connectivity index (χ0) is 38.3. The van der Waals surface area contributed by atoms with Gasteiger partial charge in [0.25, 0.3) is 11.8 Å². The van der Waals surface area contributed by atoms with Crippen LogP contribution in [0.15, 0.2) is 121 Å². The minimum atomic E-state index is -1.68. The van der Waals surface area contributed by atoms with Crippen LogP contribution in [-0.4, -0.2) is 44.8 Å². The molecule has 55 heavy (non-hydrogen) atoms. The SMILES string of the molecule is O=C(O)c1cccc(N2C(=O)C3CC=C4C(CC5C(=O)N(Nc6ccc(F)cc6)C(=O)C5(c5ccc(Cl)cc5)C4c4ccc5ccccc5c4O)C3C2=O)c1. The topological polar surface area (TPSA) is 144 Å². The highest BCUT2D eigenvalue weighted by Crippen LogP contribution is 2.65. The Kier molecular flexibility index (Phi) is 7.91. The number of hydrogen-bond acceptors (Lipinski definition) is 7. The molecule has 9 rings (SSSR count). The van der Waals surface area contributed by atoms with E-state index in [1.54, 1.807) is 42.5 Å². The molecule has 4 amide bonds. The van der Waals surface area contributed by atoms with E-state index in [2.05, 4.69) is 5.43 Å². The number of allylic oxidation sites excluding steroid dienone is 2. The smallest absolute Gasteiger partial charge is 0.335 e. The maximum Gasteiger partial charge on any atom is 0.335 e. The van der Waals surface area contributed by atoms with Gasteiger partial charge in [0.15, 0.2) is 0 Å². The number of phenolic OH excluding ortho intramolecular Hbond substituents is 1. The van der Waals surface area contributed by atoms with E-state index in [4.69, 9.17) is 11.6 Å². The highest BCUT2D eigenvalue weighted by Gasteiger charge is 2.70. The van der Waals surface area contributed by atoms with Crippen LogP contribution in [0.5, 0.6) is 5.75 Å². The first kappa shape index (κ1) is 34.4. The van der Waals surface area contributed by atoms with E-state index in [1.165, 1.54) is 48.5 Å². The second-order valence-corrected chi connectivity index (χ2v) is 14.9. The maximum absolute atomic E-state index is 15.4. The number of fused-ring (bicyclic) bond motifs is 5. The number of hydrogen-bond donors (Lipinski definition) is 3. The molecular formula is C43H31ClFN3O7. The van der Waals surface area contributed by atoms with Gasteiger partial charge in [0.05, 0.1) is 40.1 Å². The molecule has 2 aliphatic carbocycles. The minimum absolute atomic E-state index is 0.00529. The second-order valence-electron chi connectivity index (χ2n) is 14.5. The lowest BCUT2D eigenvalue weighted by Crippen LogP contribution is -2.53. The number of nitrogens with one attached hydrogen (secondary N) is 1. The summed E-state index contributed by atoms with van der Waals surface area (Å²) >= 11 is 6.38.